The zero-order valence-electron chi connectivity index (χ0n) is 25.0. The van der Waals surface area contributed by atoms with Crippen LogP contribution in [0.15, 0.2) is 36.7 Å². The Bertz CT molecular complexity index is 1000. The van der Waals surface area contributed by atoms with Crippen LogP contribution in [0, 0.1) is 5.41 Å². The standard InChI is InChI=1S/C32H53N5OSi/c1-39(2,3)22-21-38-27-37-20-16-34-31(37)24-33-23-28-9-11-29(12-10-28)25-35-17-13-32(26-35)14-18-36(19-15-32)30-7-5-4-6-8-30/h9-12,16,20,30,33H,4-8,13-15,17-19,21-27H2,1-3H3. The van der Waals surface area contributed by atoms with E-state index in [1.54, 1.807) is 0 Å². The van der Waals surface area contributed by atoms with Crippen molar-refractivity contribution >= 4 is 8.07 Å². The van der Waals surface area contributed by atoms with E-state index in [1.807, 2.05) is 12.4 Å². The molecule has 0 radical (unpaired) electrons. The number of hydrogen-bond donors (Lipinski definition) is 1. The van der Waals surface area contributed by atoms with Crippen molar-refractivity contribution in [2.24, 2.45) is 5.41 Å². The molecule has 0 amide bonds. The minimum absolute atomic E-state index is 0.583. The zero-order valence-corrected chi connectivity index (χ0v) is 26.0. The maximum Gasteiger partial charge on any atom is 0.124 e. The van der Waals surface area contributed by atoms with Gasteiger partial charge in [-0.05, 0) is 74.3 Å². The molecule has 1 aliphatic carbocycles. The van der Waals surface area contributed by atoms with Crippen LogP contribution in [0.3, 0.4) is 0 Å². The number of ether oxygens (including phenoxy) is 1. The van der Waals surface area contributed by atoms with Gasteiger partial charge in [-0.15, -0.1) is 0 Å². The van der Waals surface area contributed by atoms with Crippen LogP contribution >= 0.6 is 0 Å². The number of hydrogen-bond acceptors (Lipinski definition) is 5. The Hall–Kier alpha value is -1.51. The Morgan fingerprint density at radius 3 is 2.41 bits per heavy atom. The van der Waals surface area contributed by atoms with E-state index >= 15 is 0 Å². The summed E-state index contributed by atoms with van der Waals surface area (Å²) in [5.41, 5.74) is 3.36. The first-order chi connectivity index (χ1) is 18.9. The van der Waals surface area contributed by atoms with Crippen LogP contribution in [0.25, 0.3) is 0 Å². The van der Waals surface area contributed by atoms with Crippen LogP contribution in [0.2, 0.25) is 25.7 Å². The van der Waals surface area contributed by atoms with Gasteiger partial charge in [0.15, 0.2) is 0 Å². The maximum absolute atomic E-state index is 5.92. The van der Waals surface area contributed by atoms with Crippen molar-refractivity contribution in [3.8, 4) is 0 Å². The molecule has 2 aromatic rings. The van der Waals surface area contributed by atoms with Crippen molar-refractivity contribution < 1.29 is 4.74 Å². The summed E-state index contributed by atoms with van der Waals surface area (Å²) >= 11 is 0. The molecule has 1 N–H and O–H groups in total. The van der Waals surface area contributed by atoms with Gasteiger partial charge in [0.05, 0.1) is 6.54 Å². The first-order valence-electron chi connectivity index (χ1n) is 15.7. The van der Waals surface area contributed by atoms with Gasteiger partial charge in [0.1, 0.15) is 12.6 Å². The molecule has 0 unspecified atom stereocenters. The van der Waals surface area contributed by atoms with Crippen LogP contribution in [-0.4, -0.2) is 66.3 Å². The predicted molar refractivity (Wildman–Crippen MR) is 163 cm³/mol. The van der Waals surface area contributed by atoms with Crippen molar-refractivity contribution in [2.45, 2.75) is 109 Å². The Labute approximate surface area is 238 Å². The lowest BCUT2D eigenvalue weighted by Crippen LogP contribution is -2.46. The lowest BCUT2D eigenvalue weighted by atomic mass is 9.77. The number of nitrogens with zero attached hydrogens (tertiary/aromatic N) is 4. The fourth-order valence-corrected chi connectivity index (χ4v) is 7.64. The molecule has 2 saturated heterocycles. The van der Waals surface area contributed by atoms with Gasteiger partial charge < -0.3 is 19.5 Å². The number of likely N-dealkylation sites (tertiary alicyclic amines) is 2. The van der Waals surface area contributed by atoms with E-state index in [2.05, 4.69) is 68.6 Å². The summed E-state index contributed by atoms with van der Waals surface area (Å²) in [5, 5.41) is 3.57. The Balaban J connectivity index is 1.01. The third-order valence-corrected chi connectivity index (χ3v) is 11.2. The van der Waals surface area contributed by atoms with Crippen LogP contribution in [0.4, 0.5) is 0 Å². The van der Waals surface area contributed by atoms with E-state index in [1.165, 1.54) is 94.7 Å². The normalized spacial score (nSPS) is 21.2. The summed E-state index contributed by atoms with van der Waals surface area (Å²) in [6.07, 6.45) is 15.4. The summed E-state index contributed by atoms with van der Waals surface area (Å²) in [5.74, 6) is 1.03. The van der Waals surface area contributed by atoms with E-state index in [4.69, 9.17) is 4.74 Å². The van der Waals surface area contributed by atoms with Gasteiger partial charge in [0.2, 0.25) is 0 Å². The summed E-state index contributed by atoms with van der Waals surface area (Å²) in [6, 6.07) is 11.3. The van der Waals surface area contributed by atoms with Crippen LogP contribution in [-0.2, 0) is 31.1 Å². The van der Waals surface area contributed by atoms with Gasteiger partial charge in [-0.25, -0.2) is 4.98 Å². The molecule has 216 valence electrons. The average molecular weight is 552 g/mol. The molecule has 0 bridgehead atoms. The largest absolute Gasteiger partial charge is 0.361 e. The molecule has 2 aliphatic heterocycles. The second-order valence-electron chi connectivity index (χ2n) is 13.9. The molecule has 6 nitrogen and oxygen atoms in total. The SMILES string of the molecule is C[Si](C)(C)CCOCn1ccnc1CNCc1ccc(CN2CCC3(CCN(C4CCCCC4)CC3)C2)cc1. The molecule has 3 heterocycles. The monoisotopic (exact) mass is 551 g/mol. The fourth-order valence-electron chi connectivity index (χ4n) is 6.89. The minimum atomic E-state index is -1.05. The van der Waals surface area contributed by atoms with Gasteiger partial charge in [0, 0.05) is 52.8 Å². The van der Waals surface area contributed by atoms with Crippen LogP contribution < -0.4 is 5.32 Å². The van der Waals surface area contributed by atoms with E-state index in [9.17, 15) is 0 Å². The summed E-state index contributed by atoms with van der Waals surface area (Å²) < 4.78 is 8.03. The Kier molecular flexibility index (Phi) is 9.99. The van der Waals surface area contributed by atoms with Crippen LogP contribution in [0.5, 0.6) is 0 Å². The Morgan fingerprint density at radius 2 is 1.67 bits per heavy atom. The van der Waals surface area contributed by atoms with Crippen molar-refractivity contribution in [3.63, 3.8) is 0 Å². The predicted octanol–water partition coefficient (Wildman–Crippen LogP) is 6.11. The first kappa shape index (κ1) is 29.0. The summed E-state index contributed by atoms with van der Waals surface area (Å²) in [7, 11) is -1.05. The molecular weight excluding hydrogens is 498 g/mol. The van der Waals surface area contributed by atoms with Gasteiger partial charge >= 0.3 is 0 Å². The lowest BCUT2D eigenvalue weighted by Gasteiger charge is -2.43. The van der Waals surface area contributed by atoms with E-state index in [0.717, 1.165) is 38.1 Å². The molecule has 1 aromatic carbocycles. The minimum Gasteiger partial charge on any atom is -0.361 e. The molecule has 0 atom stereocenters. The van der Waals surface area contributed by atoms with Crippen molar-refractivity contribution in [1.82, 2.24) is 24.7 Å². The fraction of sp³-hybridized carbons (Fsp3) is 0.719. The van der Waals surface area contributed by atoms with Crippen molar-refractivity contribution in [2.75, 3.05) is 32.8 Å². The molecule has 39 heavy (non-hydrogen) atoms. The van der Waals surface area contributed by atoms with Gasteiger partial charge in [-0.2, -0.15) is 0 Å². The van der Waals surface area contributed by atoms with E-state index < -0.39 is 8.07 Å². The first-order valence-corrected chi connectivity index (χ1v) is 19.4. The maximum atomic E-state index is 5.92. The summed E-state index contributed by atoms with van der Waals surface area (Å²) in [6.45, 7) is 16.5. The highest BCUT2D eigenvalue weighted by Gasteiger charge is 2.41. The van der Waals surface area contributed by atoms with Crippen molar-refractivity contribution in [1.29, 1.82) is 0 Å². The highest BCUT2D eigenvalue weighted by molar-refractivity contribution is 6.76. The molecule has 7 heteroatoms. The molecule has 1 aromatic heterocycles. The quantitative estimate of drug-likeness (QED) is 0.255. The molecule has 5 rings (SSSR count). The topological polar surface area (TPSA) is 45.6 Å². The van der Waals surface area contributed by atoms with Gasteiger partial charge in [0.25, 0.3) is 0 Å². The third kappa shape index (κ3) is 8.49. The second kappa shape index (κ2) is 13.4. The lowest BCUT2D eigenvalue weighted by molar-refractivity contribution is 0.0615. The third-order valence-electron chi connectivity index (χ3n) is 9.54. The second-order valence-corrected chi connectivity index (χ2v) is 19.5. The number of benzene rings is 1. The molecule has 1 spiro atoms. The molecule has 3 aliphatic rings. The number of piperidine rings is 1. The molecule has 3 fully saturated rings. The molecule has 1 saturated carbocycles. The van der Waals surface area contributed by atoms with E-state index in [-0.39, 0.29) is 0 Å². The highest BCUT2D eigenvalue weighted by atomic mass is 28.3. The van der Waals surface area contributed by atoms with E-state index in [0.29, 0.717) is 12.1 Å². The number of aromatic nitrogens is 2. The zero-order chi connectivity index (χ0) is 27.1. The summed E-state index contributed by atoms with van der Waals surface area (Å²) in [4.78, 5) is 10.1. The van der Waals surface area contributed by atoms with Crippen molar-refractivity contribution in [3.05, 3.63) is 53.6 Å². The van der Waals surface area contributed by atoms with Gasteiger partial charge in [-0.3, -0.25) is 4.90 Å². The number of nitrogens with one attached hydrogen (secondary N) is 1. The van der Waals surface area contributed by atoms with Crippen LogP contribution in [0.1, 0.15) is 68.3 Å². The number of rotatable bonds is 12. The average Bonchev–Trinajstić information content (AvgIpc) is 3.55. The number of imidazole rings is 1. The Morgan fingerprint density at radius 1 is 0.949 bits per heavy atom. The highest BCUT2D eigenvalue weighted by Crippen LogP contribution is 2.42. The molecular formula is C32H53N5OSi. The smallest absolute Gasteiger partial charge is 0.124 e. The van der Waals surface area contributed by atoms with Gasteiger partial charge in [-0.1, -0.05) is 63.2 Å².